The third-order valence-corrected chi connectivity index (χ3v) is 5.55. The van der Waals surface area contributed by atoms with Gasteiger partial charge in [-0.3, -0.25) is 4.79 Å². The average molecular weight is 546 g/mol. The van der Waals surface area contributed by atoms with E-state index in [0.29, 0.717) is 18.6 Å². The van der Waals surface area contributed by atoms with Crippen LogP contribution in [0.3, 0.4) is 0 Å². The van der Waals surface area contributed by atoms with Gasteiger partial charge in [-0.05, 0) is 80.0 Å². The van der Waals surface area contributed by atoms with Crippen molar-refractivity contribution in [3.8, 4) is 0 Å². The van der Waals surface area contributed by atoms with Gasteiger partial charge in [0.1, 0.15) is 11.6 Å². The van der Waals surface area contributed by atoms with Gasteiger partial charge in [0.15, 0.2) is 0 Å². The van der Waals surface area contributed by atoms with Crippen molar-refractivity contribution in [1.82, 2.24) is 0 Å². The van der Waals surface area contributed by atoms with E-state index in [1.165, 1.54) is 11.1 Å². The number of fused-ring (bicyclic) bond motifs is 1. The third-order valence-electron chi connectivity index (χ3n) is 5.55. The van der Waals surface area contributed by atoms with Crippen LogP contribution in [-0.2, 0) is 26.9 Å². The lowest BCUT2D eigenvalue weighted by Gasteiger charge is -2.21. The van der Waals surface area contributed by atoms with Gasteiger partial charge in [-0.2, -0.15) is 26.3 Å². The number of ether oxygens (including phenoxy) is 1. The number of aryl methyl sites for hydroxylation is 1. The van der Waals surface area contributed by atoms with Crippen LogP contribution in [0.1, 0.15) is 73.4 Å². The highest BCUT2D eigenvalue weighted by Crippen LogP contribution is 2.37. The number of nitrogens with two attached hydrogens (primary N) is 1. The Labute approximate surface area is 216 Å². The van der Waals surface area contributed by atoms with E-state index in [0.717, 1.165) is 36.6 Å². The molecule has 2 aromatic rings. The SMILES string of the molecule is CC(C)(C)OC(=O)CC1CCc2cc(/C=C/C(=O)O)ccc21.NC(c1cccc(C(F)(F)F)c1)C(F)(F)F. The first-order valence-electron chi connectivity index (χ1n) is 11.6. The summed E-state index contributed by atoms with van der Waals surface area (Å²) in [5, 5.41) is 8.66. The van der Waals surface area contributed by atoms with Crippen LogP contribution in [0.25, 0.3) is 6.08 Å². The number of hydrogen-bond donors (Lipinski definition) is 2. The molecule has 3 rings (SSSR count). The summed E-state index contributed by atoms with van der Waals surface area (Å²) >= 11 is 0. The van der Waals surface area contributed by atoms with Gasteiger partial charge in [-0.15, -0.1) is 0 Å². The third kappa shape index (κ3) is 9.51. The molecular weight excluding hydrogens is 516 g/mol. The number of rotatable bonds is 5. The molecule has 208 valence electrons. The van der Waals surface area contributed by atoms with Gasteiger partial charge >= 0.3 is 24.3 Å². The van der Waals surface area contributed by atoms with E-state index in [9.17, 15) is 35.9 Å². The summed E-state index contributed by atoms with van der Waals surface area (Å²) in [5.74, 6) is -0.925. The lowest BCUT2D eigenvalue weighted by molar-refractivity contribution is -0.155. The average Bonchev–Trinajstić information content (AvgIpc) is 3.17. The summed E-state index contributed by atoms with van der Waals surface area (Å²) in [5.41, 5.74) is 5.83. The van der Waals surface area contributed by atoms with E-state index < -0.39 is 41.1 Å². The van der Waals surface area contributed by atoms with Gasteiger partial charge in [0, 0.05) is 6.08 Å². The largest absolute Gasteiger partial charge is 0.478 e. The van der Waals surface area contributed by atoms with Crippen molar-refractivity contribution in [2.24, 2.45) is 5.73 Å². The maximum absolute atomic E-state index is 12.2. The zero-order valence-corrected chi connectivity index (χ0v) is 21.0. The first-order valence-corrected chi connectivity index (χ1v) is 11.6. The fraction of sp³-hybridized carbons (Fsp3) is 0.407. The number of alkyl halides is 6. The van der Waals surface area contributed by atoms with Crippen LogP contribution in [0.5, 0.6) is 0 Å². The molecule has 0 aliphatic heterocycles. The first kappa shape index (κ1) is 30.9. The van der Waals surface area contributed by atoms with Crippen LogP contribution in [0.2, 0.25) is 0 Å². The van der Waals surface area contributed by atoms with Crippen molar-refractivity contribution in [2.45, 2.75) is 69.9 Å². The Morgan fingerprint density at radius 1 is 1.08 bits per heavy atom. The number of hydrogen-bond acceptors (Lipinski definition) is 4. The highest BCUT2D eigenvalue weighted by Gasteiger charge is 2.39. The van der Waals surface area contributed by atoms with E-state index in [2.05, 4.69) is 0 Å². The molecule has 1 aliphatic carbocycles. The summed E-state index contributed by atoms with van der Waals surface area (Å²) in [4.78, 5) is 22.5. The number of carbonyl (C=O) groups excluding carboxylic acids is 1. The summed E-state index contributed by atoms with van der Waals surface area (Å²) in [6.45, 7) is 5.61. The molecule has 0 spiro atoms. The molecule has 2 atom stereocenters. The number of carboxylic acids is 1. The molecule has 0 saturated carbocycles. The lowest BCUT2D eigenvalue weighted by Crippen LogP contribution is -2.28. The molecule has 0 fully saturated rings. The number of carboxylic acid groups (broad SMARTS) is 1. The zero-order chi connectivity index (χ0) is 28.9. The molecule has 0 bridgehead atoms. The topological polar surface area (TPSA) is 89.6 Å². The molecule has 11 heteroatoms. The zero-order valence-electron chi connectivity index (χ0n) is 21.0. The van der Waals surface area contributed by atoms with Gasteiger partial charge in [0.25, 0.3) is 0 Å². The summed E-state index contributed by atoms with van der Waals surface area (Å²) < 4.78 is 78.5. The Kier molecular flexibility index (Phi) is 9.77. The minimum absolute atomic E-state index is 0.166. The monoisotopic (exact) mass is 545 g/mol. The van der Waals surface area contributed by atoms with Gasteiger partial charge < -0.3 is 15.6 Å². The fourth-order valence-corrected chi connectivity index (χ4v) is 3.89. The maximum atomic E-state index is 12.2. The van der Waals surface area contributed by atoms with Gasteiger partial charge in [0.2, 0.25) is 0 Å². The molecule has 0 radical (unpaired) electrons. The van der Waals surface area contributed by atoms with Crippen molar-refractivity contribution >= 4 is 18.0 Å². The van der Waals surface area contributed by atoms with Gasteiger partial charge in [-0.25, -0.2) is 4.79 Å². The normalized spacial score (nSPS) is 16.4. The first-order chi connectivity index (χ1) is 17.4. The minimum Gasteiger partial charge on any atom is -0.478 e. The number of halogens is 6. The van der Waals surface area contributed by atoms with Crippen LogP contribution in [0, 0.1) is 0 Å². The second-order valence-corrected chi connectivity index (χ2v) is 9.80. The molecule has 1 aliphatic rings. The second-order valence-electron chi connectivity index (χ2n) is 9.80. The lowest BCUT2D eigenvalue weighted by atomic mass is 9.96. The molecule has 0 aromatic heterocycles. The molecule has 3 N–H and O–H groups in total. The van der Waals surface area contributed by atoms with Crippen molar-refractivity contribution in [3.63, 3.8) is 0 Å². The Balaban J connectivity index is 0.000000281. The predicted octanol–water partition coefficient (Wildman–Crippen LogP) is 6.81. The Morgan fingerprint density at radius 3 is 2.29 bits per heavy atom. The maximum Gasteiger partial charge on any atom is 0.416 e. The smallest absolute Gasteiger partial charge is 0.416 e. The van der Waals surface area contributed by atoms with E-state index >= 15 is 0 Å². The predicted molar refractivity (Wildman–Crippen MR) is 129 cm³/mol. The number of aliphatic carboxylic acids is 1. The molecular formula is C27H29F6NO4. The molecule has 38 heavy (non-hydrogen) atoms. The van der Waals surface area contributed by atoms with Crippen molar-refractivity contribution in [3.05, 3.63) is 76.4 Å². The van der Waals surface area contributed by atoms with Crippen LogP contribution in [-0.4, -0.2) is 28.8 Å². The van der Waals surface area contributed by atoms with Crippen LogP contribution in [0.4, 0.5) is 26.3 Å². The number of carbonyl (C=O) groups is 2. The van der Waals surface area contributed by atoms with Crippen LogP contribution in [0.15, 0.2) is 48.5 Å². The van der Waals surface area contributed by atoms with Crippen LogP contribution >= 0.6 is 0 Å². The van der Waals surface area contributed by atoms with E-state index in [1.54, 1.807) is 6.08 Å². The highest BCUT2D eigenvalue weighted by molar-refractivity contribution is 5.85. The number of benzene rings is 2. The van der Waals surface area contributed by atoms with Gasteiger partial charge in [-0.1, -0.05) is 30.3 Å². The molecule has 0 heterocycles. The molecule has 5 nitrogen and oxygen atoms in total. The number of esters is 1. The Morgan fingerprint density at radius 2 is 1.74 bits per heavy atom. The fourth-order valence-electron chi connectivity index (χ4n) is 3.89. The minimum atomic E-state index is -4.76. The second kappa shape index (κ2) is 12.0. The van der Waals surface area contributed by atoms with E-state index in [1.807, 2.05) is 39.0 Å². The Bertz CT molecular complexity index is 1170. The van der Waals surface area contributed by atoms with Crippen molar-refractivity contribution < 1.29 is 45.8 Å². The van der Waals surface area contributed by atoms with E-state index in [4.69, 9.17) is 15.6 Å². The standard InChI is InChI=1S/C18H22O4.C9H7F6N/c1-18(2,3)22-17(21)11-14-7-6-13-10-12(4-8-15(13)14)5-9-16(19)20;10-8(11,12)6-3-1-2-5(4-6)7(16)9(13,14)15/h4-5,8-10,14H,6-7,11H2,1-3H3,(H,19,20);1-4,7H,16H2/b9-5+;. The molecule has 2 aromatic carbocycles. The summed E-state index contributed by atoms with van der Waals surface area (Å²) in [6, 6.07) is 6.38. The van der Waals surface area contributed by atoms with Crippen molar-refractivity contribution in [2.75, 3.05) is 0 Å². The summed E-state index contributed by atoms with van der Waals surface area (Å²) in [6.07, 6.45) is -4.48. The molecule has 0 amide bonds. The van der Waals surface area contributed by atoms with Crippen molar-refractivity contribution in [1.29, 1.82) is 0 Å². The molecule has 2 unspecified atom stereocenters. The molecule has 0 saturated heterocycles. The summed E-state index contributed by atoms with van der Waals surface area (Å²) in [7, 11) is 0. The quantitative estimate of drug-likeness (QED) is 0.245. The van der Waals surface area contributed by atoms with Crippen LogP contribution < -0.4 is 5.73 Å². The Hall–Kier alpha value is -3.34. The van der Waals surface area contributed by atoms with E-state index in [-0.39, 0.29) is 11.9 Å². The highest BCUT2D eigenvalue weighted by atomic mass is 19.4. The van der Waals surface area contributed by atoms with Gasteiger partial charge in [0.05, 0.1) is 12.0 Å².